The average molecular weight is 435 g/mol. The van der Waals surface area contributed by atoms with Crippen LogP contribution in [0.15, 0.2) is 49.1 Å². The molecule has 0 spiro atoms. The first-order valence-electron chi connectivity index (χ1n) is 9.77. The predicted molar refractivity (Wildman–Crippen MR) is 120 cm³/mol. The van der Waals surface area contributed by atoms with E-state index < -0.39 is 11.4 Å². The summed E-state index contributed by atoms with van der Waals surface area (Å²) in [4.78, 5) is 32.2. The minimum Gasteiger partial charge on any atom is -0.490 e. The second-order valence-electron chi connectivity index (χ2n) is 7.91. The maximum Gasteiger partial charge on any atom is 0.268 e. The maximum atomic E-state index is 12.9. The van der Waals surface area contributed by atoms with Crippen molar-refractivity contribution in [3.63, 3.8) is 0 Å². The smallest absolute Gasteiger partial charge is 0.268 e. The van der Waals surface area contributed by atoms with E-state index in [4.69, 9.17) is 21.6 Å². The Kier molecular flexibility index (Phi) is 6.24. The van der Waals surface area contributed by atoms with Crippen LogP contribution in [0.3, 0.4) is 0 Å². The average Bonchev–Trinajstić information content (AvgIpc) is 3.22. The predicted octanol–water partition coefficient (Wildman–Crippen LogP) is 1.92. The van der Waals surface area contributed by atoms with Gasteiger partial charge in [-0.2, -0.15) is 0 Å². The van der Waals surface area contributed by atoms with Crippen LogP contribution in [0.5, 0.6) is 5.75 Å². The summed E-state index contributed by atoms with van der Waals surface area (Å²) in [6.45, 7) is 5.44. The highest BCUT2D eigenvalue weighted by atomic mass is 16.5. The molecule has 3 aromatic rings. The van der Waals surface area contributed by atoms with Gasteiger partial charge < -0.3 is 26.9 Å². The highest BCUT2D eigenvalue weighted by Gasteiger charge is 2.24. The number of nitrogen functional groups attached to an aromatic ring is 1. The summed E-state index contributed by atoms with van der Waals surface area (Å²) >= 11 is 0. The van der Waals surface area contributed by atoms with Crippen LogP contribution in [-0.2, 0) is 0 Å². The van der Waals surface area contributed by atoms with Crippen LogP contribution in [0.2, 0.25) is 0 Å². The third-order valence-corrected chi connectivity index (χ3v) is 4.58. The van der Waals surface area contributed by atoms with Gasteiger partial charge in [-0.15, -0.1) is 0 Å². The first-order valence-corrected chi connectivity index (χ1v) is 9.77. The van der Waals surface area contributed by atoms with E-state index in [9.17, 15) is 9.59 Å². The maximum absolute atomic E-state index is 12.9. The van der Waals surface area contributed by atoms with E-state index in [0.29, 0.717) is 34.1 Å². The number of nitrogens with zero attached hydrogens (tertiary/aromatic N) is 3. The van der Waals surface area contributed by atoms with Crippen molar-refractivity contribution >= 4 is 23.2 Å². The van der Waals surface area contributed by atoms with Gasteiger partial charge in [-0.05, 0) is 45.0 Å². The highest BCUT2D eigenvalue weighted by Crippen LogP contribution is 2.25. The molecule has 10 heteroatoms. The first kappa shape index (κ1) is 22.5. The molecule has 6 N–H and O–H groups in total. The summed E-state index contributed by atoms with van der Waals surface area (Å²) in [5.74, 6) is -0.0802. The summed E-state index contributed by atoms with van der Waals surface area (Å²) in [5.41, 5.74) is 12.2. The third kappa shape index (κ3) is 5.09. The molecule has 3 rings (SSSR count). The normalized spacial score (nSPS) is 11.1. The van der Waals surface area contributed by atoms with Crippen LogP contribution in [0.25, 0.3) is 5.82 Å². The fourth-order valence-electron chi connectivity index (χ4n) is 3.02. The van der Waals surface area contributed by atoms with E-state index in [1.54, 1.807) is 37.3 Å². The lowest BCUT2D eigenvalue weighted by atomic mass is 10.1. The molecule has 0 aliphatic carbocycles. The highest BCUT2D eigenvalue weighted by molar-refractivity contribution is 6.03. The number of hydrogen-bond donors (Lipinski definition) is 4. The molecule has 0 bridgehead atoms. The first-order chi connectivity index (χ1) is 15.1. The van der Waals surface area contributed by atoms with E-state index in [1.807, 2.05) is 13.8 Å². The van der Waals surface area contributed by atoms with Gasteiger partial charge >= 0.3 is 0 Å². The van der Waals surface area contributed by atoms with Crippen molar-refractivity contribution in [2.24, 2.45) is 5.73 Å². The molecule has 2 amide bonds. The van der Waals surface area contributed by atoms with Crippen LogP contribution in [0.4, 0.5) is 5.69 Å². The number of rotatable bonds is 8. The lowest BCUT2D eigenvalue weighted by Crippen LogP contribution is -2.48. The van der Waals surface area contributed by atoms with E-state index >= 15 is 0 Å². The molecule has 0 radical (unpaired) electrons. The van der Waals surface area contributed by atoms with Crippen molar-refractivity contribution in [1.29, 1.82) is 5.41 Å². The number of carbonyl (C=O) groups excluding carboxylic acids is 2. The van der Waals surface area contributed by atoms with Gasteiger partial charge in [0.15, 0.2) is 0 Å². The Labute approximate surface area is 185 Å². The molecule has 2 aromatic heterocycles. The monoisotopic (exact) mass is 435 g/mol. The second kappa shape index (κ2) is 8.88. The van der Waals surface area contributed by atoms with Gasteiger partial charge in [0, 0.05) is 29.4 Å². The molecule has 0 unspecified atom stereocenters. The fourth-order valence-corrected chi connectivity index (χ4v) is 3.02. The number of nitrogens with two attached hydrogens (primary N) is 2. The van der Waals surface area contributed by atoms with Gasteiger partial charge in [0.05, 0.1) is 11.1 Å². The number of carbonyl (C=O) groups is 2. The standard InChI is InChI=1S/C22H25N7O3/c1-13(23)19-15(24)5-4-6-17(19)32-11-22(2,3)28-21(31)14-7-8-26-18(9-14)29-10-16(20(25)30)27-12-29/h4-10,12,23H,11,24H2,1-3H3,(H2,25,30)(H,28,31). The quantitative estimate of drug-likeness (QED) is 0.312. The number of nitrogens with one attached hydrogen (secondary N) is 2. The zero-order valence-electron chi connectivity index (χ0n) is 18.0. The van der Waals surface area contributed by atoms with Crippen LogP contribution < -0.4 is 21.5 Å². The summed E-state index contributed by atoms with van der Waals surface area (Å²) in [6, 6.07) is 8.35. The van der Waals surface area contributed by atoms with E-state index in [2.05, 4.69) is 15.3 Å². The van der Waals surface area contributed by atoms with Crippen molar-refractivity contribution in [2.45, 2.75) is 26.3 Å². The van der Waals surface area contributed by atoms with Crippen molar-refractivity contribution in [3.8, 4) is 11.6 Å². The SMILES string of the molecule is CC(=N)c1c(N)cccc1OCC(C)(C)NC(=O)c1ccnc(-n2cnc(C(N)=O)c2)c1. The zero-order chi connectivity index (χ0) is 23.5. The largest absolute Gasteiger partial charge is 0.490 e. The Hall–Kier alpha value is -4.21. The fraction of sp³-hybridized carbons (Fsp3) is 0.227. The molecule has 0 atom stereocenters. The van der Waals surface area contributed by atoms with Crippen molar-refractivity contribution in [3.05, 3.63) is 65.9 Å². The summed E-state index contributed by atoms with van der Waals surface area (Å²) < 4.78 is 7.40. The van der Waals surface area contributed by atoms with Gasteiger partial charge in [-0.25, -0.2) is 9.97 Å². The molecule has 32 heavy (non-hydrogen) atoms. The van der Waals surface area contributed by atoms with Crippen molar-refractivity contribution < 1.29 is 14.3 Å². The lowest BCUT2D eigenvalue weighted by molar-refractivity contribution is 0.0880. The molecule has 0 fully saturated rings. The Bertz CT molecular complexity index is 1180. The Morgan fingerprint density at radius 1 is 1.25 bits per heavy atom. The Balaban J connectivity index is 1.72. The molecule has 0 saturated heterocycles. The molecule has 10 nitrogen and oxygen atoms in total. The second-order valence-corrected chi connectivity index (χ2v) is 7.91. The van der Waals surface area contributed by atoms with E-state index in [1.165, 1.54) is 23.3 Å². The number of benzene rings is 1. The van der Waals surface area contributed by atoms with E-state index in [-0.39, 0.29) is 18.2 Å². The van der Waals surface area contributed by atoms with Crippen molar-refractivity contribution in [2.75, 3.05) is 12.3 Å². The van der Waals surface area contributed by atoms with Gasteiger partial charge in [0.1, 0.15) is 30.2 Å². The summed E-state index contributed by atoms with van der Waals surface area (Å²) in [5, 5.41) is 10.9. The number of primary amides is 1. The molecule has 1 aromatic carbocycles. The Morgan fingerprint density at radius 3 is 2.66 bits per heavy atom. The Morgan fingerprint density at radius 2 is 2.00 bits per heavy atom. The molecule has 166 valence electrons. The van der Waals surface area contributed by atoms with Crippen LogP contribution >= 0.6 is 0 Å². The van der Waals surface area contributed by atoms with Crippen LogP contribution in [0.1, 0.15) is 47.2 Å². The third-order valence-electron chi connectivity index (χ3n) is 4.58. The van der Waals surface area contributed by atoms with Crippen LogP contribution in [-0.4, -0.2) is 44.2 Å². The van der Waals surface area contributed by atoms with E-state index in [0.717, 1.165) is 0 Å². The summed E-state index contributed by atoms with van der Waals surface area (Å²) in [7, 11) is 0. The molecular weight excluding hydrogens is 410 g/mol. The minimum absolute atomic E-state index is 0.0982. The number of imidazole rings is 1. The number of pyridine rings is 1. The van der Waals surface area contributed by atoms with Gasteiger partial charge in [0.2, 0.25) is 0 Å². The van der Waals surface area contributed by atoms with Crippen molar-refractivity contribution in [1.82, 2.24) is 19.9 Å². The number of anilines is 1. The summed E-state index contributed by atoms with van der Waals surface area (Å²) in [6.07, 6.45) is 4.33. The minimum atomic E-state index is -0.730. The lowest BCUT2D eigenvalue weighted by Gasteiger charge is -2.27. The number of ether oxygens (including phenoxy) is 1. The van der Waals surface area contributed by atoms with Crippen LogP contribution in [0, 0.1) is 5.41 Å². The molecule has 2 heterocycles. The van der Waals surface area contributed by atoms with Gasteiger partial charge in [0.25, 0.3) is 11.8 Å². The topological polar surface area (TPSA) is 162 Å². The number of amides is 2. The number of hydrogen-bond acceptors (Lipinski definition) is 7. The molecular formula is C22H25N7O3. The molecule has 0 aliphatic rings. The molecule has 0 saturated carbocycles. The van der Waals surface area contributed by atoms with Gasteiger partial charge in [-0.3, -0.25) is 14.2 Å². The van der Waals surface area contributed by atoms with Gasteiger partial charge in [-0.1, -0.05) is 6.07 Å². The molecule has 0 aliphatic heterocycles. The zero-order valence-corrected chi connectivity index (χ0v) is 18.0. The number of aromatic nitrogens is 3.